The lowest BCUT2D eigenvalue weighted by atomic mass is 9.91. The number of nitrogens with one attached hydrogen (secondary N) is 1. The number of thiophene rings is 1. The van der Waals surface area contributed by atoms with E-state index in [0.29, 0.717) is 4.70 Å². The number of cyclic esters (lactones) is 1. The summed E-state index contributed by atoms with van der Waals surface area (Å²) in [5, 5.41) is 2.14. The first-order chi connectivity index (χ1) is 12.6. The van der Waals surface area contributed by atoms with Gasteiger partial charge in [-0.3, -0.25) is 4.79 Å². The lowest BCUT2D eigenvalue weighted by molar-refractivity contribution is -0.274. The molecule has 1 N–H and O–H groups in total. The van der Waals surface area contributed by atoms with Crippen LogP contribution in [-0.4, -0.2) is 48.5 Å². The Hall–Kier alpha value is -1.91. The van der Waals surface area contributed by atoms with Gasteiger partial charge in [0.15, 0.2) is 5.75 Å². The van der Waals surface area contributed by atoms with Crippen LogP contribution in [0.3, 0.4) is 0 Å². The first-order valence-electron chi connectivity index (χ1n) is 7.49. The SMILES string of the molecule is O=C1NC2(CO1)CN(C(=O)c1sc3ccc(Cl)c(OC(F)(F)F)c3c1Cl)C2. The molecule has 0 bridgehead atoms. The number of alkyl carbamates (subject to hydrolysis) is 1. The highest BCUT2D eigenvalue weighted by Gasteiger charge is 2.51. The summed E-state index contributed by atoms with van der Waals surface area (Å²) in [7, 11) is 0. The minimum absolute atomic E-state index is 0.0671. The van der Waals surface area contributed by atoms with Gasteiger partial charge in [-0.25, -0.2) is 4.79 Å². The largest absolute Gasteiger partial charge is 0.573 e. The second kappa shape index (κ2) is 6.05. The summed E-state index contributed by atoms with van der Waals surface area (Å²) in [5.74, 6) is -1.10. The van der Waals surface area contributed by atoms with Crippen LogP contribution in [0, 0.1) is 0 Å². The molecule has 2 aliphatic rings. The van der Waals surface area contributed by atoms with Crippen molar-refractivity contribution in [2.24, 2.45) is 0 Å². The molecule has 4 rings (SSSR count). The van der Waals surface area contributed by atoms with Gasteiger partial charge in [0, 0.05) is 17.8 Å². The zero-order chi connectivity index (χ0) is 19.6. The third-order valence-electron chi connectivity index (χ3n) is 4.24. The number of fused-ring (bicyclic) bond motifs is 1. The number of ether oxygens (including phenoxy) is 2. The Kier molecular flexibility index (Phi) is 4.13. The van der Waals surface area contributed by atoms with E-state index in [2.05, 4.69) is 10.1 Å². The number of amides is 2. The molecule has 1 aromatic carbocycles. The zero-order valence-electron chi connectivity index (χ0n) is 13.2. The summed E-state index contributed by atoms with van der Waals surface area (Å²) in [5.41, 5.74) is -0.621. The summed E-state index contributed by atoms with van der Waals surface area (Å²) in [4.78, 5) is 25.4. The van der Waals surface area contributed by atoms with Crippen LogP contribution in [0.25, 0.3) is 10.1 Å². The average Bonchev–Trinajstić information content (AvgIpc) is 3.08. The van der Waals surface area contributed by atoms with Crippen molar-refractivity contribution in [2.45, 2.75) is 11.9 Å². The number of carbonyl (C=O) groups excluding carboxylic acids is 2. The number of alkyl halides is 3. The van der Waals surface area contributed by atoms with Crippen molar-refractivity contribution >= 4 is 56.6 Å². The fourth-order valence-electron chi connectivity index (χ4n) is 3.09. The molecular weight excluding hydrogens is 432 g/mol. The Morgan fingerprint density at radius 2 is 2.04 bits per heavy atom. The molecule has 2 aliphatic heterocycles. The van der Waals surface area contributed by atoms with E-state index < -0.39 is 29.7 Å². The molecule has 0 atom stereocenters. The molecule has 6 nitrogen and oxygen atoms in total. The van der Waals surface area contributed by atoms with Gasteiger partial charge in [0.25, 0.3) is 5.91 Å². The Morgan fingerprint density at radius 1 is 1.33 bits per heavy atom. The van der Waals surface area contributed by atoms with E-state index in [1.807, 2.05) is 0 Å². The maximum Gasteiger partial charge on any atom is 0.573 e. The third-order valence-corrected chi connectivity index (χ3v) is 6.17. The highest BCUT2D eigenvalue weighted by atomic mass is 35.5. The number of rotatable bonds is 2. The van der Waals surface area contributed by atoms with Crippen molar-refractivity contribution in [3.8, 4) is 5.75 Å². The number of likely N-dealkylation sites (tertiary alicyclic amines) is 1. The number of halogens is 5. The second-order valence-corrected chi connectivity index (χ2v) is 8.02. The van der Waals surface area contributed by atoms with Crippen molar-refractivity contribution in [3.05, 3.63) is 27.1 Å². The average molecular weight is 441 g/mol. The van der Waals surface area contributed by atoms with Crippen LogP contribution in [0.2, 0.25) is 10.0 Å². The summed E-state index contributed by atoms with van der Waals surface area (Å²) < 4.78 is 47.3. The monoisotopic (exact) mass is 440 g/mol. The van der Waals surface area contributed by atoms with Crippen molar-refractivity contribution < 1.29 is 32.2 Å². The van der Waals surface area contributed by atoms with Crippen molar-refractivity contribution in [1.82, 2.24) is 10.2 Å². The van der Waals surface area contributed by atoms with Crippen LogP contribution in [0.1, 0.15) is 9.67 Å². The molecule has 0 saturated carbocycles. The molecule has 3 heterocycles. The maximum atomic E-state index is 12.7. The topological polar surface area (TPSA) is 67.9 Å². The molecular formula is C15H9Cl2F3N2O4S. The lowest BCUT2D eigenvalue weighted by Crippen LogP contribution is -2.69. The Morgan fingerprint density at radius 3 is 2.63 bits per heavy atom. The molecule has 0 radical (unpaired) electrons. The summed E-state index contributed by atoms with van der Waals surface area (Å²) in [6, 6.07) is 2.72. The molecule has 12 heteroatoms. The number of carbonyl (C=O) groups is 2. The number of benzene rings is 1. The molecule has 2 amide bonds. The fraction of sp³-hybridized carbons (Fsp3) is 0.333. The molecule has 2 fully saturated rings. The van der Waals surface area contributed by atoms with Crippen molar-refractivity contribution in [3.63, 3.8) is 0 Å². The van der Waals surface area contributed by atoms with Gasteiger partial charge in [-0.05, 0) is 12.1 Å². The summed E-state index contributed by atoms with van der Waals surface area (Å²) in [6.07, 6.45) is -5.51. The lowest BCUT2D eigenvalue weighted by Gasteiger charge is -2.45. The predicted molar refractivity (Wildman–Crippen MR) is 91.6 cm³/mol. The summed E-state index contributed by atoms with van der Waals surface area (Å²) in [6.45, 7) is 0.582. The van der Waals surface area contributed by atoms with Crippen molar-refractivity contribution in [2.75, 3.05) is 19.7 Å². The quantitative estimate of drug-likeness (QED) is 0.764. The van der Waals surface area contributed by atoms with Crippen LogP contribution < -0.4 is 10.1 Å². The van der Waals surface area contributed by atoms with Gasteiger partial charge in [0.2, 0.25) is 0 Å². The van der Waals surface area contributed by atoms with Gasteiger partial charge in [-0.1, -0.05) is 23.2 Å². The number of nitrogens with zero attached hydrogens (tertiary/aromatic N) is 1. The van der Waals surface area contributed by atoms with Crippen LogP contribution in [-0.2, 0) is 4.74 Å². The first-order valence-corrected chi connectivity index (χ1v) is 9.06. The molecule has 0 aliphatic carbocycles. The standard InChI is InChI=1S/C15H9Cl2F3N2O4S/c16-6-1-2-7-8(10(6)26-15(18,19)20)9(17)11(27-7)12(23)22-3-14(4-22)5-25-13(24)21-14/h1-2H,3-5H2,(H,21,24). The van der Waals surface area contributed by atoms with E-state index in [4.69, 9.17) is 27.9 Å². The smallest absolute Gasteiger partial charge is 0.447 e. The first kappa shape index (κ1) is 18.5. The Labute approximate surface area is 163 Å². The minimum atomic E-state index is -4.96. The molecule has 144 valence electrons. The van der Waals surface area contributed by atoms with Gasteiger partial charge < -0.3 is 19.7 Å². The number of hydrogen-bond acceptors (Lipinski definition) is 5. The van der Waals surface area contributed by atoms with Crippen LogP contribution in [0.5, 0.6) is 5.75 Å². The van der Waals surface area contributed by atoms with Crippen LogP contribution >= 0.6 is 34.5 Å². The summed E-state index contributed by atoms with van der Waals surface area (Å²) >= 11 is 13.0. The van der Waals surface area contributed by atoms with Gasteiger partial charge in [-0.2, -0.15) is 0 Å². The van der Waals surface area contributed by atoms with Gasteiger partial charge in [-0.15, -0.1) is 24.5 Å². The highest BCUT2D eigenvalue weighted by Crippen LogP contribution is 2.46. The van der Waals surface area contributed by atoms with E-state index in [1.54, 1.807) is 0 Å². The minimum Gasteiger partial charge on any atom is -0.447 e. The van der Waals surface area contributed by atoms with E-state index in [9.17, 15) is 22.8 Å². The second-order valence-electron chi connectivity index (χ2n) is 6.19. The molecule has 1 aromatic heterocycles. The molecule has 0 unspecified atom stereocenters. The van der Waals surface area contributed by atoms with E-state index >= 15 is 0 Å². The van der Waals surface area contributed by atoms with Crippen LogP contribution in [0.4, 0.5) is 18.0 Å². The Balaban J connectivity index is 1.65. The molecule has 2 saturated heterocycles. The maximum absolute atomic E-state index is 12.7. The zero-order valence-corrected chi connectivity index (χ0v) is 15.5. The normalized spacial score (nSPS) is 18.4. The van der Waals surface area contributed by atoms with E-state index in [1.165, 1.54) is 17.0 Å². The van der Waals surface area contributed by atoms with Crippen molar-refractivity contribution in [1.29, 1.82) is 0 Å². The number of hydrogen-bond donors (Lipinski definition) is 1. The third kappa shape index (κ3) is 3.15. The molecule has 1 spiro atoms. The molecule has 2 aromatic rings. The molecule has 27 heavy (non-hydrogen) atoms. The van der Waals surface area contributed by atoms with E-state index in [-0.39, 0.29) is 40.0 Å². The highest BCUT2D eigenvalue weighted by molar-refractivity contribution is 7.21. The Bertz CT molecular complexity index is 972. The van der Waals surface area contributed by atoms with E-state index in [0.717, 1.165) is 11.3 Å². The van der Waals surface area contributed by atoms with Crippen LogP contribution in [0.15, 0.2) is 12.1 Å². The predicted octanol–water partition coefficient (Wildman–Crippen LogP) is 4.04. The van der Waals surface area contributed by atoms with Gasteiger partial charge >= 0.3 is 12.5 Å². The van der Waals surface area contributed by atoms with Gasteiger partial charge in [0.1, 0.15) is 17.0 Å². The fourth-order valence-corrected chi connectivity index (χ4v) is 4.78. The van der Waals surface area contributed by atoms with Gasteiger partial charge in [0.05, 0.1) is 15.4 Å².